The quantitative estimate of drug-likeness (QED) is 0.527. The lowest BCUT2D eigenvalue weighted by atomic mass is 10.1. The maximum absolute atomic E-state index is 12.3. The van der Waals surface area contributed by atoms with E-state index in [9.17, 15) is 13.2 Å². The van der Waals surface area contributed by atoms with E-state index in [0.717, 1.165) is 34.7 Å². The fourth-order valence-electron chi connectivity index (χ4n) is 2.84. The molecule has 2 rings (SSSR count). The van der Waals surface area contributed by atoms with Gasteiger partial charge in [0.05, 0.1) is 30.7 Å². The highest BCUT2D eigenvalue weighted by Gasteiger charge is 2.21. The van der Waals surface area contributed by atoms with E-state index in [4.69, 9.17) is 21.1 Å². The Balaban J connectivity index is 1.89. The first-order valence-corrected chi connectivity index (χ1v) is 11.8. The average molecular weight is 455 g/mol. The summed E-state index contributed by atoms with van der Waals surface area (Å²) in [7, 11) is -2.20. The molecule has 164 valence electrons. The van der Waals surface area contributed by atoms with Gasteiger partial charge in [0.1, 0.15) is 18.0 Å². The van der Waals surface area contributed by atoms with Gasteiger partial charge in [-0.3, -0.25) is 9.10 Å². The van der Waals surface area contributed by atoms with Crippen LogP contribution in [0.3, 0.4) is 0 Å². The van der Waals surface area contributed by atoms with Gasteiger partial charge in [0, 0.05) is 6.54 Å². The van der Waals surface area contributed by atoms with Crippen LogP contribution in [-0.2, 0) is 21.2 Å². The molecular formula is C21H27ClN2O5S. The zero-order valence-corrected chi connectivity index (χ0v) is 18.9. The van der Waals surface area contributed by atoms with E-state index in [1.54, 1.807) is 12.1 Å². The van der Waals surface area contributed by atoms with Crippen LogP contribution in [-0.4, -0.2) is 47.4 Å². The molecule has 0 saturated carbocycles. The third-order valence-corrected chi connectivity index (χ3v) is 5.75. The van der Waals surface area contributed by atoms with Crippen molar-refractivity contribution in [1.29, 1.82) is 0 Å². The molecule has 30 heavy (non-hydrogen) atoms. The SMILES string of the molecule is CCOc1ccc(CCCNC(=O)CN(c2ccc(OC)c(Cl)c2)S(C)(=O)=O)cc1. The predicted molar refractivity (Wildman–Crippen MR) is 119 cm³/mol. The summed E-state index contributed by atoms with van der Waals surface area (Å²) in [6, 6.07) is 12.4. The molecule has 2 aromatic rings. The zero-order chi connectivity index (χ0) is 22.1. The predicted octanol–water partition coefficient (Wildman–Crippen LogP) is 3.26. The minimum absolute atomic E-state index is 0.263. The van der Waals surface area contributed by atoms with E-state index in [0.29, 0.717) is 24.6 Å². The van der Waals surface area contributed by atoms with Crippen molar-refractivity contribution in [3.8, 4) is 11.5 Å². The zero-order valence-electron chi connectivity index (χ0n) is 17.4. The molecule has 0 saturated heterocycles. The van der Waals surface area contributed by atoms with Crippen molar-refractivity contribution in [1.82, 2.24) is 5.32 Å². The summed E-state index contributed by atoms with van der Waals surface area (Å²) in [5.41, 5.74) is 1.44. The Morgan fingerprint density at radius 3 is 2.43 bits per heavy atom. The number of benzene rings is 2. The highest BCUT2D eigenvalue weighted by molar-refractivity contribution is 7.92. The first-order valence-electron chi connectivity index (χ1n) is 9.54. The number of sulfonamides is 1. The number of hydrogen-bond acceptors (Lipinski definition) is 5. The van der Waals surface area contributed by atoms with Crippen LogP contribution in [0.2, 0.25) is 5.02 Å². The van der Waals surface area contributed by atoms with Crippen molar-refractivity contribution in [3.63, 3.8) is 0 Å². The summed E-state index contributed by atoms with van der Waals surface area (Å²) in [5.74, 6) is 0.862. The molecular weight excluding hydrogens is 428 g/mol. The van der Waals surface area contributed by atoms with Gasteiger partial charge in [-0.25, -0.2) is 8.42 Å². The molecule has 7 nitrogen and oxygen atoms in total. The highest BCUT2D eigenvalue weighted by atomic mass is 35.5. The summed E-state index contributed by atoms with van der Waals surface area (Å²) in [5, 5.41) is 3.03. The summed E-state index contributed by atoms with van der Waals surface area (Å²) in [6.45, 7) is 2.67. The maximum Gasteiger partial charge on any atom is 0.240 e. The van der Waals surface area contributed by atoms with Gasteiger partial charge in [-0.15, -0.1) is 0 Å². The standard InChI is InChI=1S/C21H27ClN2O5S/c1-4-29-18-10-7-16(8-11-18)6-5-13-23-21(25)15-24(30(3,26)27)17-9-12-20(28-2)19(22)14-17/h7-12,14H,4-6,13,15H2,1-3H3,(H,23,25). The number of aryl methyl sites for hydroxylation is 1. The lowest BCUT2D eigenvalue weighted by molar-refractivity contribution is -0.119. The molecule has 0 aliphatic heterocycles. The van der Waals surface area contributed by atoms with E-state index in [1.807, 2.05) is 31.2 Å². The summed E-state index contributed by atoms with van der Waals surface area (Å²) in [6.07, 6.45) is 2.56. The fraction of sp³-hybridized carbons (Fsp3) is 0.381. The third kappa shape index (κ3) is 7.11. The number of rotatable bonds is 11. The normalized spacial score (nSPS) is 11.1. The van der Waals surface area contributed by atoms with Crippen molar-refractivity contribution in [2.75, 3.05) is 37.4 Å². The molecule has 0 fully saturated rings. The van der Waals surface area contributed by atoms with Crippen LogP contribution in [0.4, 0.5) is 5.69 Å². The lowest BCUT2D eigenvalue weighted by Crippen LogP contribution is -2.40. The molecule has 0 aliphatic carbocycles. The minimum atomic E-state index is -3.67. The van der Waals surface area contributed by atoms with Gasteiger partial charge in [0.25, 0.3) is 0 Å². The van der Waals surface area contributed by atoms with Gasteiger partial charge in [-0.05, 0) is 55.7 Å². The van der Waals surface area contributed by atoms with Crippen LogP contribution in [0.1, 0.15) is 18.9 Å². The number of carbonyl (C=O) groups is 1. The number of anilines is 1. The summed E-state index contributed by atoms with van der Waals surface area (Å²) < 4.78 is 35.9. The highest BCUT2D eigenvalue weighted by Crippen LogP contribution is 2.30. The monoisotopic (exact) mass is 454 g/mol. The van der Waals surface area contributed by atoms with Crippen molar-refractivity contribution >= 4 is 33.2 Å². The number of carbonyl (C=O) groups excluding carboxylic acids is 1. The molecule has 1 amide bonds. The van der Waals surface area contributed by atoms with Crippen molar-refractivity contribution in [2.45, 2.75) is 19.8 Å². The van der Waals surface area contributed by atoms with Gasteiger partial charge in [0.2, 0.25) is 15.9 Å². The molecule has 0 heterocycles. The van der Waals surface area contributed by atoms with Crippen LogP contribution >= 0.6 is 11.6 Å². The molecule has 0 aromatic heterocycles. The number of halogens is 1. The van der Waals surface area contributed by atoms with E-state index >= 15 is 0 Å². The topological polar surface area (TPSA) is 84.9 Å². The molecule has 0 aliphatic rings. The molecule has 0 spiro atoms. The Bertz CT molecular complexity index is 948. The van der Waals surface area contributed by atoms with E-state index in [-0.39, 0.29) is 17.5 Å². The smallest absolute Gasteiger partial charge is 0.240 e. The van der Waals surface area contributed by atoms with Gasteiger partial charge in [-0.1, -0.05) is 23.7 Å². The summed E-state index contributed by atoms with van der Waals surface area (Å²) in [4.78, 5) is 12.3. The second kappa shape index (κ2) is 11.1. The van der Waals surface area contributed by atoms with Crippen molar-refractivity contribution < 1.29 is 22.7 Å². The van der Waals surface area contributed by atoms with E-state index in [2.05, 4.69) is 5.32 Å². The first-order chi connectivity index (χ1) is 14.2. The second-order valence-electron chi connectivity index (χ2n) is 6.62. The lowest BCUT2D eigenvalue weighted by Gasteiger charge is -2.22. The van der Waals surface area contributed by atoms with Crippen LogP contribution < -0.4 is 19.1 Å². The number of methoxy groups -OCH3 is 1. The van der Waals surface area contributed by atoms with Gasteiger partial charge in [-0.2, -0.15) is 0 Å². The molecule has 2 aromatic carbocycles. The number of nitrogens with one attached hydrogen (secondary N) is 1. The van der Waals surface area contributed by atoms with Crippen LogP contribution in [0, 0.1) is 0 Å². The number of amides is 1. The first kappa shape index (κ1) is 23.8. The van der Waals surface area contributed by atoms with Crippen LogP contribution in [0.5, 0.6) is 11.5 Å². The molecule has 0 atom stereocenters. The number of ether oxygens (including phenoxy) is 2. The van der Waals surface area contributed by atoms with E-state index in [1.165, 1.54) is 13.2 Å². The van der Waals surface area contributed by atoms with Crippen LogP contribution in [0.15, 0.2) is 42.5 Å². The molecule has 0 bridgehead atoms. The second-order valence-corrected chi connectivity index (χ2v) is 8.93. The Kier molecular flexibility index (Phi) is 8.80. The van der Waals surface area contributed by atoms with Crippen molar-refractivity contribution in [2.24, 2.45) is 0 Å². The molecule has 0 unspecified atom stereocenters. The Morgan fingerprint density at radius 1 is 1.17 bits per heavy atom. The minimum Gasteiger partial charge on any atom is -0.495 e. The Hall–Kier alpha value is -2.45. The Labute approximate surface area is 183 Å². The van der Waals surface area contributed by atoms with Gasteiger partial charge in [0.15, 0.2) is 0 Å². The third-order valence-electron chi connectivity index (χ3n) is 4.31. The maximum atomic E-state index is 12.3. The van der Waals surface area contributed by atoms with Gasteiger partial charge >= 0.3 is 0 Å². The Morgan fingerprint density at radius 2 is 1.87 bits per heavy atom. The van der Waals surface area contributed by atoms with E-state index < -0.39 is 10.0 Å². The molecule has 9 heteroatoms. The summed E-state index contributed by atoms with van der Waals surface area (Å²) >= 11 is 6.09. The fourth-order valence-corrected chi connectivity index (χ4v) is 3.94. The van der Waals surface area contributed by atoms with Gasteiger partial charge < -0.3 is 14.8 Å². The molecule has 1 N–H and O–H groups in total. The van der Waals surface area contributed by atoms with Crippen molar-refractivity contribution in [3.05, 3.63) is 53.1 Å². The largest absolute Gasteiger partial charge is 0.495 e. The average Bonchev–Trinajstić information content (AvgIpc) is 2.70. The number of nitrogens with zero attached hydrogens (tertiary/aromatic N) is 1. The van der Waals surface area contributed by atoms with Crippen LogP contribution in [0.25, 0.3) is 0 Å². The number of hydrogen-bond donors (Lipinski definition) is 1. The molecule has 0 radical (unpaired) electrons.